The minimum atomic E-state index is -0.895. The van der Waals surface area contributed by atoms with E-state index in [1.54, 1.807) is 7.05 Å². The Kier molecular flexibility index (Phi) is 5.54. The third-order valence-electron chi connectivity index (χ3n) is 5.28. The number of halogens is 2. The van der Waals surface area contributed by atoms with Crippen LogP contribution < -0.4 is 5.56 Å². The van der Waals surface area contributed by atoms with Crippen molar-refractivity contribution in [1.29, 1.82) is 5.26 Å². The monoisotopic (exact) mass is 386 g/mol. The number of benzene rings is 1. The Bertz CT molecular complexity index is 970. The summed E-state index contributed by atoms with van der Waals surface area (Å²) in [5.74, 6) is -2.08. The highest BCUT2D eigenvalue weighted by Crippen LogP contribution is 2.32. The van der Waals surface area contributed by atoms with Crippen LogP contribution in [0.4, 0.5) is 8.78 Å². The third kappa shape index (κ3) is 3.65. The van der Waals surface area contributed by atoms with Crippen LogP contribution >= 0.6 is 0 Å². The number of nitrogens with zero attached hydrogens (tertiary/aromatic N) is 4. The third-order valence-corrected chi connectivity index (χ3v) is 5.28. The van der Waals surface area contributed by atoms with Crippen LogP contribution in [0.3, 0.4) is 0 Å². The standard InChI is InChI=1S/C20H20F2N4O2/c1-25(20(13-23)10-3-2-4-11-20)18(28)12-26-17(27)9-8-16(24-26)19-14(21)6-5-7-15(19)22/h5-9H,2-4,10-12H2,1H3. The molecule has 0 atom stereocenters. The number of aromatic nitrogens is 2. The predicted molar refractivity (Wildman–Crippen MR) is 98.0 cm³/mol. The normalized spacial score (nSPS) is 15.6. The van der Waals surface area contributed by atoms with Gasteiger partial charge in [-0.05, 0) is 31.0 Å². The molecule has 6 nitrogen and oxygen atoms in total. The van der Waals surface area contributed by atoms with Crippen molar-refractivity contribution >= 4 is 5.91 Å². The zero-order chi connectivity index (χ0) is 20.3. The summed E-state index contributed by atoms with van der Waals surface area (Å²) >= 11 is 0. The lowest BCUT2D eigenvalue weighted by molar-refractivity contribution is -0.135. The van der Waals surface area contributed by atoms with Crippen LogP contribution in [-0.2, 0) is 11.3 Å². The van der Waals surface area contributed by atoms with Crippen molar-refractivity contribution in [1.82, 2.24) is 14.7 Å². The van der Waals surface area contributed by atoms with Gasteiger partial charge in [-0.1, -0.05) is 25.3 Å². The van der Waals surface area contributed by atoms with Gasteiger partial charge in [0.1, 0.15) is 23.7 Å². The predicted octanol–water partition coefficient (Wildman–Crippen LogP) is 2.87. The summed E-state index contributed by atoms with van der Waals surface area (Å²) in [5, 5.41) is 13.6. The van der Waals surface area contributed by atoms with Gasteiger partial charge in [-0.15, -0.1) is 0 Å². The van der Waals surface area contributed by atoms with Crippen molar-refractivity contribution < 1.29 is 13.6 Å². The van der Waals surface area contributed by atoms with E-state index in [0.717, 1.165) is 42.1 Å². The Morgan fingerprint density at radius 2 is 1.86 bits per heavy atom. The molecule has 1 aromatic carbocycles. The average molecular weight is 386 g/mol. The van der Waals surface area contributed by atoms with Crippen molar-refractivity contribution in [2.45, 2.75) is 44.2 Å². The lowest BCUT2D eigenvalue weighted by Gasteiger charge is -2.39. The van der Waals surface area contributed by atoms with Gasteiger partial charge >= 0.3 is 0 Å². The molecule has 0 radical (unpaired) electrons. The van der Waals surface area contributed by atoms with Gasteiger partial charge in [0.05, 0.1) is 17.3 Å². The van der Waals surface area contributed by atoms with Gasteiger partial charge in [0.2, 0.25) is 5.91 Å². The summed E-state index contributed by atoms with van der Waals surface area (Å²) in [4.78, 5) is 26.2. The van der Waals surface area contributed by atoms with Crippen LogP contribution in [0.15, 0.2) is 35.1 Å². The number of hydrogen-bond acceptors (Lipinski definition) is 4. The van der Waals surface area contributed by atoms with Crippen LogP contribution in [0.1, 0.15) is 32.1 Å². The molecule has 2 aromatic rings. The number of likely N-dealkylation sites (N-methyl/N-ethyl adjacent to an activating group) is 1. The van der Waals surface area contributed by atoms with E-state index < -0.39 is 35.2 Å². The largest absolute Gasteiger partial charge is 0.325 e. The van der Waals surface area contributed by atoms with E-state index in [9.17, 15) is 23.6 Å². The van der Waals surface area contributed by atoms with Crippen LogP contribution in [0, 0.1) is 23.0 Å². The summed E-state index contributed by atoms with van der Waals surface area (Å²) in [7, 11) is 1.54. The molecular formula is C20H20F2N4O2. The fourth-order valence-electron chi connectivity index (χ4n) is 3.57. The first-order valence-corrected chi connectivity index (χ1v) is 9.08. The van der Waals surface area contributed by atoms with Crippen molar-refractivity contribution in [3.63, 3.8) is 0 Å². The first kappa shape index (κ1) is 19.7. The van der Waals surface area contributed by atoms with Crippen LogP contribution in [-0.4, -0.2) is 33.2 Å². The smallest absolute Gasteiger partial charge is 0.267 e. The number of rotatable bonds is 4. The number of carbonyl (C=O) groups is 1. The minimum absolute atomic E-state index is 0.0849. The van der Waals surface area contributed by atoms with Gasteiger partial charge in [0, 0.05) is 13.1 Å². The zero-order valence-corrected chi connectivity index (χ0v) is 15.5. The van der Waals surface area contributed by atoms with E-state index in [-0.39, 0.29) is 11.3 Å². The summed E-state index contributed by atoms with van der Waals surface area (Å²) < 4.78 is 28.9. The van der Waals surface area contributed by atoms with E-state index in [0.29, 0.717) is 12.8 Å². The van der Waals surface area contributed by atoms with Gasteiger partial charge in [-0.3, -0.25) is 9.59 Å². The average Bonchev–Trinajstić information content (AvgIpc) is 2.70. The molecular weight excluding hydrogens is 366 g/mol. The molecule has 8 heteroatoms. The highest BCUT2D eigenvalue weighted by Gasteiger charge is 2.38. The molecule has 0 saturated heterocycles. The Labute approximate surface area is 161 Å². The van der Waals surface area contributed by atoms with Gasteiger partial charge in [-0.25, -0.2) is 13.5 Å². The lowest BCUT2D eigenvalue weighted by Crippen LogP contribution is -2.51. The van der Waals surface area contributed by atoms with Crippen molar-refractivity contribution in [2.24, 2.45) is 0 Å². The zero-order valence-electron chi connectivity index (χ0n) is 15.5. The number of amides is 1. The fourth-order valence-corrected chi connectivity index (χ4v) is 3.57. The lowest BCUT2D eigenvalue weighted by atomic mass is 9.81. The van der Waals surface area contributed by atoms with Gasteiger partial charge < -0.3 is 4.90 Å². The molecule has 0 unspecified atom stereocenters. The second-order valence-corrected chi connectivity index (χ2v) is 6.97. The number of nitriles is 1. The number of hydrogen-bond donors (Lipinski definition) is 0. The highest BCUT2D eigenvalue weighted by molar-refractivity contribution is 5.77. The van der Waals surface area contributed by atoms with E-state index >= 15 is 0 Å². The van der Waals surface area contributed by atoms with E-state index in [2.05, 4.69) is 11.2 Å². The SMILES string of the molecule is CN(C(=O)Cn1nc(-c2c(F)cccc2F)ccc1=O)C1(C#N)CCCCC1. The molecule has 1 aliphatic rings. The maximum absolute atomic E-state index is 14.0. The van der Waals surface area contributed by atoms with Crippen LogP contribution in [0.2, 0.25) is 0 Å². The van der Waals surface area contributed by atoms with Crippen molar-refractivity contribution in [3.8, 4) is 17.3 Å². The summed E-state index contributed by atoms with van der Waals surface area (Å²) in [5.41, 5.74) is -1.91. The second kappa shape index (κ2) is 7.89. The molecule has 1 aliphatic carbocycles. The Hall–Kier alpha value is -3.08. The molecule has 0 aliphatic heterocycles. The van der Waals surface area contributed by atoms with E-state index in [1.165, 1.54) is 17.0 Å². The molecule has 1 fully saturated rings. The topological polar surface area (TPSA) is 79.0 Å². The van der Waals surface area contributed by atoms with Crippen LogP contribution in [0.25, 0.3) is 11.3 Å². The van der Waals surface area contributed by atoms with Crippen LogP contribution in [0.5, 0.6) is 0 Å². The molecule has 1 amide bonds. The molecule has 28 heavy (non-hydrogen) atoms. The van der Waals surface area contributed by atoms with E-state index in [4.69, 9.17) is 0 Å². The fraction of sp³-hybridized carbons (Fsp3) is 0.400. The molecule has 0 spiro atoms. The van der Waals surface area contributed by atoms with E-state index in [1.807, 2.05) is 0 Å². The Morgan fingerprint density at radius 1 is 1.21 bits per heavy atom. The Balaban J connectivity index is 1.89. The molecule has 0 N–H and O–H groups in total. The highest BCUT2D eigenvalue weighted by atomic mass is 19.1. The molecule has 1 saturated carbocycles. The molecule has 0 bridgehead atoms. The molecule has 1 aromatic heterocycles. The summed E-state index contributed by atoms with van der Waals surface area (Å²) in [6.45, 7) is -0.414. The van der Waals surface area contributed by atoms with Gasteiger partial charge in [0.25, 0.3) is 5.56 Å². The Morgan fingerprint density at radius 3 is 2.46 bits per heavy atom. The van der Waals surface area contributed by atoms with Gasteiger partial charge in [0.15, 0.2) is 0 Å². The molecule has 3 rings (SSSR count). The first-order valence-electron chi connectivity index (χ1n) is 9.08. The van der Waals surface area contributed by atoms with Gasteiger partial charge in [-0.2, -0.15) is 10.4 Å². The van der Waals surface area contributed by atoms with Crippen molar-refractivity contribution in [2.75, 3.05) is 7.05 Å². The quantitative estimate of drug-likeness (QED) is 0.809. The molecule has 1 heterocycles. The minimum Gasteiger partial charge on any atom is -0.325 e. The maximum Gasteiger partial charge on any atom is 0.267 e. The molecule has 146 valence electrons. The summed E-state index contributed by atoms with van der Waals surface area (Å²) in [6, 6.07) is 7.99. The number of carbonyl (C=O) groups excluding carboxylic acids is 1. The maximum atomic E-state index is 14.0. The van der Waals surface area contributed by atoms with Crippen molar-refractivity contribution in [3.05, 3.63) is 52.3 Å². The first-order chi connectivity index (χ1) is 13.4. The summed E-state index contributed by atoms with van der Waals surface area (Å²) in [6.07, 6.45) is 3.88. The second-order valence-electron chi connectivity index (χ2n) is 6.97.